The number of terminal acetylenes is 1. The van der Waals surface area contributed by atoms with Gasteiger partial charge in [0, 0.05) is 29.3 Å². The molecule has 0 unspecified atom stereocenters. The molecule has 0 aliphatic rings. The van der Waals surface area contributed by atoms with Gasteiger partial charge in [-0.2, -0.15) is 0 Å². The first kappa shape index (κ1) is 18.6. The number of amides is 1. The third kappa shape index (κ3) is 4.14. The quantitative estimate of drug-likeness (QED) is 0.382. The Labute approximate surface area is 155 Å². The summed E-state index contributed by atoms with van der Waals surface area (Å²) in [5, 5.41) is 9.56. The van der Waals surface area contributed by atoms with Gasteiger partial charge in [0.15, 0.2) is 0 Å². The van der Waals surface area contributed by atoms with E-state index < -0.39 is 11.7 Å². The highest BCUT2D eigenvalue weighted by molar-refractivity contribution is 5.98. The van der Waals surface area contributed by atoms with E-state index in [1.54, 1.807) is 41.2 Å². The van der Waals surface area contributed by atoms with Crippen LogP contribution in [0.3, 0.4) is 0 Å². The van der Waals surface area contributed by atoms with Gasteiger partial charge in [-0.25, -0.2) is 9.87 Å². The third-order valence-electron chi connectivity index (χ3n) is 4.06. The predicted octanol–water partition coefficient (Wildman–Crippen LogP) is 2.25. The van der Waals surface area contributed by atoms with Crippen molar-refractivity contribution in [2.24, 2.45) is 0 Å². The number of hydrogen-bond acceptors (Lipinski definition) is 4. The van der Waals surface area contributed by atoms with Gasteiger partial charge in [-0.3, -0.25) is 14.6 Å². The fourth-order valence-corrected chi connectivity index (χ4v) is 2.70. The van der Waals surface area contributed by atoms with Gasteiger partial charge in [-0.05, 0) is 30.7 Å². The first-order valence-electron chi connectivity index (χ1n) is 8.35. The minimum Gasteiger partial charge on any atom is -0.396 e. The third-order valence-corrected chi connectivity index (χ3v) is 4.06. The number of fused-ring (bicyclic) bond motifs is 1. The van der Waals surface area contributed by atoms with Crippen LogP contribution in [0.5, 0.6) is 0 Å². The molecule has 0 saturated carbocycles. The zero-order valence-electron chi connectivity index (χ0n) is 14.5. The number of nitrogens with one attached hydrogen (secondary N) is 1. The lowest BCUT2D eigenvalue weighted by Crippen LogP contribution is -2.27. The normalized spacial score (nSPS) is 10.7. The van der Waals surface area contributed by atoms with E-state index >= 15 is 0 Å². The molecule has 2 N–H and O–H groups in total. The standard InChI is InChI=1S/C20H18FN3O3/c1-2-14-4-5-16(17(21)10-14)13-24-18(20(26)23-27-9-3-8-25)11-15-6-7-22-12-19(15)24/h1,4-7,10-12,25H,3,8-9,13H2,(H,23,26). The summed E-state index contributed by atoms with van der Waals surface area (Å²) in [6.07, 6.45) is 8.94. The van der Waals surface area contributed by atoms with Gasteiger partial charge in [-0.1, -0.05) is 12.0 Å². The van der Waals surface area contributed by atoms with E-state index in [1.165, 1.54) is 6.07 Å². The number of aromatic nitrogens is 2. The summed E-state index contributed by atoms with van der Waals surface area (Å²) >= 11 is 0. The monoisotopic (exact) mass is 367 g/mol. The van der Waals surface area contributed by atoms with Gasteiger partial charge in [0.25, 0.3) is 5.91 Å². The van der Waals surface area contributed by atoms with Crippen LogP contribution in [-0.4, -0.2) is 33.8 Å². The number of pyridine rings is 1. The molecule has 0 bridgehead atoms. The molecule has 0 radical (unpaired) electrons. The molecule has 3 rings (SSSR count). The Morgan fingerprint density at radius 1 is 1.37 bits per heavy atom. The first-order chi connectivity index (χ1) is 13.1. The number of hydrogen-bond donors (Lipinski definition) is 2. The molecule has 0 spiro atoms. The molecular formula is C20H18FN3O3. The number of halogens is 1. The molecule has 0 saturated heterocycles. The van der Waals surface area contributed by atoms with Crippen molar-refractivity contribution in [2.45, 2.75) is 13.0 Å². The maximum atomic E-state index is 14.4. The molecule has 2 heterocycles. The molecule has 3 aromatic rings. The van der Waals surface area contributed by atoms with Crippen LogP contribution in [0.4, 0.5) is 4.39 Å². The van der Waals surface area contributed by atoms with E-state index in [2.05, 4.69) is 16.4 Å². The molecule has 2 aromatic heterocycles. The molecule has 0 atom stereocenters. The number of aliphatic hydroxyl groups excluding tert-OH is 1. The highest BCUT2D eigenvalue weighted by Gasteiger charge is 2.17. The molecule has 1 amide bonds. The van der Waals surface area contributed by atoms with Gasteiger partial charge in [0.2, 0.25) is 0 Å². The summed E-state index contributed by atoms with van der Waals surface area (Å²) in [6.45, 7) is 0.284. The highest BCUT2D eigenvalue weighted by Crippen LogP contribution is 2.22. The van der Waals surface area contributed by atoms with Crippen LogP contribution < -0.4 is 5.48 Å². The highest BCUT2D eigenvalue weighted by atomic mass is 19.1. The molecule has 0 aliphatic heterocycles. The fourth-order valence-electron chi connectivity index (χ4n) is 2.70. The largest absolute Gasteiger partial charge is 0.396 e. The average Bonchev–Trinajstić information content (AvgIpc) is 3.05. The number of benzene rings is 1. The van der Waals surface area contributed by atoms with Crippen LogP contribution in [-0.2, 0) is 11.4 Å². The summed E-state index contributed by atoms with van der Waals surface area (Å²) in [5.74, 6) is 1.48. The van der Waals surface area contributed by atoms with E-state index in [1.807, 2.05) is 0 Å². The van der Waals surface area contributed by atoms with Gasteiger partial charge in [0.05, 0.1) is 24.9 Å². The molecule has 138 valence electrons. The Kier molecular flexibility index (Phi) is 5.81. The molecule has 7 heteroatoms. The van der Waals surface area contributed by atoms with Gasteiger partial charge in [-0.15, -0.1) is 6.42 Å². The Morgan fingerprint density at radius 2 is 2.22 bits per heavy atom. The number of hydroxylamine groups is 1. The van der Waals surface area contributed by atoms with Crippen molar-refractivity contribution in [3.8, 4) is 12.3 Å². The first-order valence-corrected chi connectivity index (χ1v) is 8.35. The molecular weight excluding hydrogens is 349 g/mol. The van der Waals surface area contributed by atoms with Gasteiger partial charge >= 0.3 is 0 Å². The summed E-state index contributed by atoms with van der Waals surface area (Å²) < 4.78 is 16.0. The maximum absolute atomic E-state index is 14.4. The SMILES string of the molecule is C#Cc1ccc(Cn2c(C(=O)NOCCCO)cc3ccncc32)c(F)c1. The van der Waals surface area contributed by atoms with Crippen LogP contribution in [0.25, 0.3) is 10.9 Å². The number of carbonyl (C=O) groups excluding carboxylic acids is 1. The molecule has 0 fully saturated rings. The van der Waals surface area contributed by atoms with Gasteiger partial charge in [0.1, 0.15) is 11.5 Å². The molecule has 0 aliphatic carbocycles. The second kappa shape index (κ2) is 8.45. The molecule has 6 nitrogen and oxygen atoms in total. The van der Waals surface area contributed by atoms with Crippen molar-refractivity contribution in [3.63, 3.8) is 0 Å². The molecule has 1 aromatic carbocycles. The summed E-state index contributed by atoms with van der Waals surface area (Å²) in [6, 6.07) is 8.01. The Balaban J connectivity index is 1.93. The lowest BCUT2D eigenvalue weighted by molar-refractivity contribution is 0.0255. The Hall–Kier alpha value is -3.21. The Morgan fingerprint density at radius 3 is 2.96 bits per heavy atom. The lowest BCUT2D eigenvalue weighted by Gasteiger charge is -2.12. The maximum Gasteiger partial charge on any atom is 0.291 e. The van der Waals surface area contributed by atoms with Crippen molar-refractivity contribution in [1.29, 1.82) is 0 Å². The van der Waals surface area contributed by atoms with Crippen molar-refractivity contribution >= 4 is 16.8 Å². The topological polar surface area (TPSA) is 76.4 Å². The van der Waals surface area contributed by atoms with E-state index in [0.717, 1.165) is 5.39 Å². The summed E-state index contributed by atoms with van der Waals surface area (Å²) in [7, 11) is 0. The van der Waals surface area contributed by atoms with Crippen molar-refractivity contribution < 1.29 is 19.1 Å². The smallest absolute Gasteiger partial charge is 0.291 e. The summed E-state index contributed by atoms with van der Waals surface area (Å²) in [5.41, 5.74) is 4.19. The van der Waals surface area contributed by atoms with Crippen molar-refractivity contribution in [1.82, 2.24) is 15.0 Å². The van der Waals surface area contributed by atoms with Crippen molar-refractivity contribution in [2.75, 3.05) is 13.2 Å². The second-order valence-corrected chi connectivity index (χ2v) is 5.86. The van der Waals surface area contributed by atoms with E-state index in [4.69, 9.17) is 16.4 Å². The number of nitrogens with zero attached hydrogens (tertiary/aromatic N) is 2. The Bertz CT molecular complexity index is 1010. The zero-order chi connectivity index (χ0) is 19.2. The van der Waals surface area contributed by atoms with Gasteiger partial charge < -0.3 is 9.67 Å². The van der Waals surface area contributed by atoms with Crippen LogP contribution in [0.1, 0.15) is 28.0 Å². The number of carbonyl (C=O) groups is 1. The number of rotatable bonds is 7. The number of aliphatic hydroxyl groups is 1. The lowest BCUT2D eigenvalue weighted by atomic mass is 10.1. The fraction of sp³-hybridized carbons (Fsp3) is 0.200. The van der Waals surface area contributed by atoms with Crippen molar-refractivity contribution in [3.05, 3.63) is 65.4 Å². The minimum atomic E-state index is -0.468. The van der Waals surface area contributed by atoms with E-state index in [9.17, 15) is 9.18 Å². The van der Waals surface area contributed by atoms with Crippen LogP contribution in [0, 0.1) is 18.2 Å². The summed E-state index contributed by atoms with van der Waals surface area (Å²) in [4.78, 5) is 21.7. The van der Waals surface area contributed by atoms with Crippen LogP contribution in [0.15, 0.2) is 42.7 Å². The van der Waals surface area contributed by atoms with E-state index in [0.29, 0.717) is 28.8 Å². The van der Waals surface area contributed by atoms with E-state index in [-0.39, 0.29) is 19.8 Å². The van der Waals surface area contributed by atoms with Crippen LogP contribution in [0.2, 0.25) is 0 Å². The molecule has 27 heavy (non-hydrogen) atoms. The average molecular weight is 367 g/mol. The zero-order valence-corrected chi connectivity index (χ0v) is 14.5. The van der Waals surface area contributed by atoms with Crippen LogP contribution >= 0.6 is 0 Å². The second-order valence-electron chi connectivity index (χ2n) is 5.86. The predicted molar refractivity (Wildman–Crippen MR) is 98.3 cm³/mol. The minimum absolute atomic E-state index is 0.0330.